The molecule has 0 radical (unpaired) electrons. The maximum absolute atomic E-state index is 5.78. The van der Waals surface area contributed by atoms with Gasteiger partial charge < -0.3 is 9.64 Å². The smallest absolute Gasteiger partial charge is 0.0721 e. The molecule has 1 heterocycles. The summed E-state index contributed by atoms with van der Waals surface area (Å²) in [4.78, 5) is 2.07. The zero-order valence-electron chi connectivity index (χ0n) is 8.36. The molecule has 0 bridgehead atoms. The number of rotatable bonds is 3. The minimum atomic E-state index is 0.368. The van der Waals surface area contributed by atoms with E-state index in [4.69, 9.17) is 4.74 Å². The van der Waals surface area contributed by atoms with Crippen LogP contribution in [-0.4, -0.2) is 24.1 Å². The molecule has 2 rings (SSSR count). The van der Waals surface area contributed by atoms with Gasteiger partial charge in [-0.25, -0.2) is 0 Å². The topological polar surface area (TPSA) is 12.5 Å². The van der Waals surface area contributed by atoms with Crippen molar-refractivity contribution < 1.29 is 4.74 Å². The Hall–Kier alpha value is -0.860. The molecule has 1 fully saturated rings. The van der Waals surface area contributed by atoms with Crippen LogP contribution in [0.2, 0.25) is 0 Å². The molecule has 0 N–H and O–H groups in total. The zero-order chi connectivity index (χ0) is 9.80. The molecule has 0 aromatic heterocycles. The molecule has 76 valence electrons. The van der Waals surface area contributed by atoms with Crippen LogP contribution in [0.15, 0.2) is 30.3 Å². The lowest BCUT2D eigenvalue weighted by Gasteiger charge is -2.16. The number of ether oxygens (including phenoxy) is 1. The van der Waals surface area contributed by atoms with Crippen molar-refractivity contribution in [3.63, 3.8) is 0 Å². The molecule has 1 atom stereocenters. The normalized spacial score (nSPS) is 22.8. The minimum Gasteiger partial charge on any atom is -0.457 e. The van der Waals surface area contributed by atoms with Crippen molar-refractivity contribution in [3.8, 4) is 0 Å². The fraction of sp³-hybridized carbons (Fsp3) is 0.417. The fourth-order valence-corrected chi connectivity index (χ4v) is 1.72. The summed E-state index contributed by atoms with van der Waals surface area (Å²) in [6.07, 6.45) is 1.48. The van der Waals surface area contributed by atoms with Gasteiger partial charge in [0.15, 0.2) is 0 Å². The summed E-state index contributed by atoms with van der Waals surface area (Å²) in [6.45, 7) is 2.74. The van der Waals surface area contributed by atoms with E-state index in [9.17, 15) is 0 Å². The molecular weight excluding hydrogens is 174 g/mol. The van der Waals surface area contributed by atoms with E-state index >= 15 is 0 Å². The second-order valence-corrected chi connectivity index (χ2v) is 3.78. The van der Waals surface area contributed by atoms with Crippen molar-refractivity contribution in [1.82, 2.24) is 4.90 Å². The van der Waals surface area contributed by atoms with Crippen LogP contribution in [0, 0.1) is 7.05 Å². The van der Waals surface area contributed by atoms with E-state index in [1.807, 2.05) is 18.2 Å². The Kier molecular flexibility index (Phi) is 3.17. The Labute approximate surface area is 85.5 Å². The Bertz CT molecular complexity index is 273. The molecular formula is C12H16NO-. The van der Waals surface area contributed by atoms with Crippen LogP contribution in [-0.2, 0) is 11.3 Å². The van der Waals surface area contributed by atoms with Crippen molar-refractivity contribution >= 4 is 0 Å². The first-order valence-corrected chi connectivity index (χ1v) is 5.05. The van der Waals surface area contributed by atoms with E-state index in [1.54, 1.807) is 0 Å². The lowest BCUT2D eigenvalue weighted by atomic mass is 10.2. The predicted octanol–water partition coefficient (Wildman–Crippen LogP) is 2.07. The number of nitrogens with zero attached hydrogens (tertiary/aromatic N) is 1. The molecule has 0 amide bonds. The molecule has 1 unspecified atom stereocenters. The largest absolute Gasteiger partial charge is 0.457 e. The van der Waals surface area contributed by atoms with Crippen molar-refractivity contribution in [2.75, 3.05) is 13.1 Å². The standard InChI is InChI=1S/C12H16NO/c1-13-8-7-12(9-13)14-10-11-5-3-2-4-6-11/h2-6,12H,1,7-10H2/q-1. The summed E-state index contributed by atoms with van der Waals surface area (Å²) in [5.41, 5.74) is 1.25. The first-order valence-electron chi connectivity index (χ1n) is 5.05. The van der Waals surface area contributed by atoms with Crippen LogP contribution in [0.5, 0.6) is 0 Å². The highest BCUT2D eigenvalue weighted by Crippen LogP contribution is 2.13. The second-order valence-electron chi connectivity index (χ2n) is 3.78. The Balaban J connectivity index is 1.78. The molecule has 0 saturated carbocycles. The van der Waals surface area contributed by atoms with Crippen LogP contribution in [0.1, 0.15) is 12.0 Å². The van der Waals surface area contributed by atoms with E-state index in [2.05, 4.69) is 24.1 Å². The second kappa shape index (κ2) is 4.58. The molecule has 2 nitrogen and oxygen atoms in total. The number of hydrogen-bond donors (Lipinski definition) is 0. The van der Waals surface area contributed by atoms with Gasteiger partial charge in [0.1, 0.15) is 0 Å². The van der Waals surface area contributed by atoms with Gasteiger partial charge in [0, 0.05) is 0 Å². The van der Waals surface area contributed by atoms with Gasteiger partial charge in [0.25, 0.3) is 0 Å². The molecule has 1 aliphatic heterocycles. The third kappa shape index (κ3) is 2.56. The molecule has 14 heavy (non-hydrogen) atoms. The van der Waals surface area contributed by atoms with E-state index in [-0.39, 0.29) is 0 Å². The van der Waals surface area contributed by atoms with Crippen LogP contribution in [0.25, 0.3) is 0 Å². The maximum Gasteiger partial charge on any atom is 0.0721 e. The van der Waals surface area contributed by atoms with Gasteiger partial charge in [-0.05, 0) is 25.1 Å². The van der Waals surface area contributed by atoms with Gasteiger partial charge in [-0.15, -0.1) is 0 Å². The molecule has 0 spiro atoms. The average molecular weight is 190 g/mol. The molecule has 1 aliphatic rings. The highest BCUT2D eigenvalue weighted by atomic mass is 16.5. The third-order valence-electron chi connectivity index (χ3n) is 2.56. The van der Waals surface area contributed by atoms with E-state index in [1.165, 1.54) is 5.56 Å². The predicted molar refractivity (Wildman–Crippen MR) is 56.6 cm³/mol. The van der Waals surface area contributed by atoms with Crippen molar-refractivity contribution in [2.24, 2.45) is 0 Å². The summed E-state index contributed by atoms with van der Waals surface area (Å²) in [6, 6.07) is 10.3. The maximum atomic E-state index is 5.78. The fourth-order valence-electron chi connectivity index (χ4n) is 1.72. The van der Waals surface area contributed by atoms with E-state index in [0.717, 1.165) is 26.1 Å². The highest BCUT2D eigenvalue weighted by Gasteiger charge is 2.15. The summed E-state index contributed by atoms with van der Waals surface area (Å²) in [7, 11) is 3.90. The van der Waals surface area contributed by atoms with Gasteiger partial charge in [0.05, 0.1) is 12.7 Å². The highest BCUT2D eigenvalue weighted by molar-refractivity contribution is 5.13. The average Bonchev–Trinajstić information content (AvgIpc) is 2.63. The summed E-state index contributed by atoms with van der Waals surface area (Å²) < 4.78 is 5.78. The first-order chi connectivity index (χ1) is 6.84. The van der Waals surface area contributed by atoms with Crippen molar-refractivity contribution in [2.45, 2.75) is 19.1 Å². The van der Waals surface area contributed by atoms with Gasteiger partial charge in [0.2, 0.25) is 0 Å². The van der Waals surface area contributed by atoms with Crippen LogP contribution < -0.4 is 0 Å². The summed E-state index contributed by atoms with van der Waals surface area (Å²) in [5.74, 6) is 0. The molecule has 2 heteroatoms. The van der Waals surface area contributed by atoms with Gasteiger partial charge in [-0.1, -0.05) is 30.3 Å². The lowest BCUT2D eigenvalue weighted by molar-refractivity contribution is 0.0493. The van der Waals surface area contributed by atoms with Gasteiger partial charge in [-0.2, -0.15) is 0 Å². The molecule has 0 aliphatic carbocycles. The van der Waals surface area contributed by atoms with Crippen LogP contribution >= 0.6 is 0 Å². The molecule has 1 aromatic carbocycles. The number of benzene rings is 1. The first kappa shape index (κ1) is 9.69. The third-order valence-corrected chi connectivity index (χ3v) is 2.56. The van der Waals surface area contributed by atoms with Crippen molar-refractivity contribution in [1.29, 1.82) is 0 Å². The summed E-state index contributed by atoms with van der Waals surface area (Å²) >= 11 is 0. The van der Waals surface area contributed by atoms with E-state index < -0.39 is 0 Å². The quantitative estimate of drug-likeness (QED) is 0.676. The Morgan fingerprint density at radius 2 is 2.14 bits per heavy atom. The zero-order valence-corrected chi connectivity index (χ0v) is 8.36. The SMILES string of the molecule is [CH2-]N1CCC(OCc2ccccc2)C1. The van der Waals surface area contributed by atoms with E-state index in [0.29, 0.717) is 6.10 Å². The number of hydrogen-bond acceptors (Lipinski definition) is 2. The minimum absolute atomic E-state index is 0.368. The van der Waals surface area contributed by atoms with Crippen LogP contribution in [0.4, 0.5) is 0 Å². The monoisotopic (exact) mass is 190 g/mol. The Morgan fingerprint density at radius 3 is 2.79 bits per heavy atom. The van der Waals surface area contributed by atoms with Crippen molar-refractivity contribution in [3.05, 3.63) is 42.9 Å². The molecule has 1 saturated heterocycles. The van der Waals surface area contributed by atoms with Crippen LogP contribution in [0.3, 0.4) is 0 Å². The Morgan fingerprint density at radius 1 is 1.36 bits per heavy atom. The lowest BCUT2D eigenvalue weighted by Crippen LogP contribution is -2.17. The molecule has 1 aromatic rings. The number of likely N-dealkylation sites (tertiary alicyclic amines) is 1. The van der Waals surface area contributed by atoms with Gasteiger partial charge in [-0.3, -0.25) is 7.05 Å². The summed E-state index contributed by atoms with van der Waals surface area (Å²) in [5, 5.41) is 0. The van der Waals surface area contributed by atoms with Gasteiger partial charge >= 0.3 is 0 Å².